The van der Waals surface area contributed by atoms with Crippen molar-refractivity contribution < 1.29 is 14.3 Å². The summed E-state index contributed by atoms with van der Waals surface area (Å²) in [6.07, 6.45) is 0.301. The topological polar surface area (TPSA) is 58.6 Å². The van der Waals surface area contributed by atoms with E-state index < -0.39 is 0 Å². The molecule has 1 heterocycles. The van der Waals surface area contributed by atoms with Crippen molar-refractivity contribution in [1.82, 2.24) is 5.32 Å². The lowest BCUT2D eigenvalue weighted by molar-refractivity contribution is -0.119. The Bertz CT molecular complexity index is 490. The summed E-state index contributed by atoms with van der Waals surface area (Å²) in [5.41, 5.74) is 0.807. The number of alkyl halides is 1. The molecule has 1 N–H and O–H groups in total. The molecule has 0 saturated carbocycles. The van der Waals surface area contributed by atoms with Crippen molar-refractivity contribution >= 4 is 29.1 Å². The van der Waals surface area contributed by atoms with E-state index >= 15 is 0 Å². The van der Waals surface area contributed by atoms with Crippen LogP contribution in [0.1, 0.15) is 13.3 Å². The molecule has 0 bridgehead atoms. The fourth-order valence-electron chi connectivity index (χ4n) is 2.21. The summed E-state index contributed by atoms with van der Waals surface area (Å²) in [5, 5.41) is 2.73. The molecule has 20 heavy (non-hydrogen) atoms. The van der Waals surface area contributed by atoms with Crippen LogP contribution in [0.2, 0.25) is 0 Å². The number of nitrogens with zero attached hydrogens (tertiary/aromatic N) is 1. The lowest BCUT2D eigenvalue weighted by Gasteiger charge is -2.17. The Balaban J connectivity index is 2.02. The van der Waals surface area contributed by atoms with Crippen molar-refractivity contribution in [1.29, 1.82) is 0 Å². The second-order valence-corrected chi connectivity index (χ2v) is 4.80. The average Bonchev–Trinajstić information content (AvgIpc) is 2.80. The predicted octanol–water partition coefficient (Wildman–Crippen LogP) is 1.55. The number of anilines is 1. The number of hydrogen-bond donors (Lipinski definition) is 1. The van der Waals surface area contributed by atoms with Gasteiger partial charge in [0.1, 0.15) is 11.6 Å². The zero-order valence-electron chi connectivity index (χ0n) is 11.3. The molecule has 108 valence electrons. The Kier molecular flexibility index (Phi) is 4.84. The van der Waals surface area contributed by atoms with Gasteiger partial charge in [0.15, 0.2) is 0 Å². The van der Waals surface area contributed by atoms with Crippen LogP contribution in [0.25, 0.3) is 0 Å². The molecule has 1 aromatic rings. The summed E-state index contributed by atoms with van der Waals surface area (Å²) in [7, 11) is 0. The van der Waals surface area contributed by atoms with Gasteiger partial charge < -0.3 is 15.0 Å². The van der Waals surface area contributed by atoms with Gasteiger partial charge in [-0.25, -0.2) is 0 Å². The van der Waals surface area contributed by atoms with E-state index in [9.17, 15) is 9.59 Å². The molecular formula is C14H17ClN2O3. The van der Waals surface area contributed by atoms with Crippen LogP contribution in [0.4, 0.5) is 5.69 Å². The fourth-order valence-corrected chi connectivity index (χ4v) is 2.29. The highest BCUT2D eigenvalue weighted by molar-refractivity contribution is 6.27. The minimum absolute atomic E-state index is 0.00553. The minimum Gasteiger partial charge on any atom is -0.494 e. The largest absolute Gasteiger partial charge is 0.494 e. The van der Waals surface area contributed by atoms with Crippen LogP contribution < -0.4 is 15.0 Å². The first-order valence-electron chi connectivity index (χ1n) is 6.52. The Morgan fingerprint density at radius 3 is 2.75 bits per heavy atom. The highest BCUT2D eigenvalue weighted by atomic mass is 35.5. The molecule has 1 aromatic carbocycles. The number of hydrogen-bond acceptors (Lipinski definition) is 3. The third-order valence-corrected chi connectivity index (χ3v) is 3.31. The average molecular weight is 297 g/mol. The lowest BCUT2D eigenvalue weighted by Crippen LogP contribution is -2.37. The van der Waals surface area contributed by atoms with Crippen LogP contribution in [0, 0.1) is 0 Å². The van der Waals surface area contributed by atoms with Crippen LogP contribution in [-0.2, 0) is 9.59 Å². The van der Waals surface area contributed by atoms with E-state index in [1.165, 1.54) is 0 Å². The summed E-state index contributed by atoms with van der Waals surface area (Å²) in [6, 6.07) is 7.16. The van der Waals surface area contributed by atoms with Crippen molar-refractivity contribution in [3.63, 3.8) is 0 Å². The molecule has 1 atom stereocenters. The summed E-state index contributed by atoms with van der Waals surface area (Å²) >= 11 is 5.44. The van der Waals surface area contributed by atoms with Gasteiger partial charge in [-0.05, 0) is 31.2 Å². The first-order valence-corrected chi connectivity index (χ1v) is 7.06. The van der Waals surface area contributed by atoms with Crippen molar-refractivity contribution in [3.8, 4) is 5.75 Å². The number of carbonyl (C=O) groups is 2. The van der Waals surface area contributed by atoms with E-state index in [0.29, 0.717) is 19.6 Å². The normalized spacial score (nSPS) is 18.2. The number of rotatable bonds is 5. The molecular weight excluding hydrogens is 280 g/mol. The van der Waals surface area contributed by atoms with Gasteiger partial charge in [0.05, 0.1) is 12.6 Å². The van der Waals surface area contributed by atoms with Gasteiger partial charge in [-0.3, -0.25) is 9.59 Å². The molecule has 0 aliphatic carbocycles. The van der Waals surface area contributed by atoms with Crippen LogP contribution in [0.5, 0.6) is 5.75 Å². The van der Waals surface area contributed by atoms with Gasteiger partial charge >= 0.3 is 0 Å². The van der Waals surface area contributed by atoms with Crippen molar-refractivity contribution in [3.05, 3.63) is 24.3 Å². The number of ether oxygens (including phenoxy) is 1. The monoisotopic (exact) mass is 296 g/mol. The molecule has 1 saturated heterocycles. The quantitative estimate of drug-likeness (QED) is 0.839. The molecule has 0 aromatic heterocycles. The minimum atomic E-state index is -0.252. The summed E-state index contributed by atoms with van der Waals surface area (Å²) < 4.78 is 5.36. The Labute approximate surface area is 122 Å². The molecule has 6 heteroatoms. The highest BCUT2D eigenvalue weighted by Gasteiger charge is 2.31. The van der Waals surface area contributed by atoms with Crippen LogP contribution in [0.15, 0.2) is 24.3 Å². The summed E-state index contributed by atoms with van der Waals surface area (Å²) in [4.78, 5) is 24.9. The Morgan fingerprint density at radius 2 is 2.15 bits per heavy atom. The van der Waals surface area contributed by atoms with E-state index in [-0.39, 0.29) is 23.7 Å². The van der Waals surface area contributed by atoms with E-state index in [1.807, 2.05) is 31.2 Å². The zero-order valence-corrected chi connectivity index (χ0v) is 12.0. The van der Waals surface area contributed by atoms with E-state index in [4.69, 9.17) is 16.3 Å². The lowest BCUT2D eigenvalue weighted by atomic mass is 10.2. The molecule has 1 aliphatic rings. The molecule has 1 fully saturated rings. The SMILES string of the molecule is CCOc1ccc(N2C[C@@H](NC(=O)CCl)CC2=O)cc1. The molecule has 0 unspecified atom stereocenters. The van der Waals surface area contributed by atoms with Gasteiger partial charge in [0, 0.05) is 18.7 Å². The number of halogens is 1. The number of carbonyl (C=O) groups excluding carboxylic acids is 2. The van der Waals surface area contributed by atoms with Gasteiger partial charge in [-0.1, -0.05) is 0 Å². The molecule has 0 spiro atoms. The standard InChI is InChI=1S/C14H17ClN2O3/c1-2-20-12-5-3-11(4-6-12)17-9-10(7-14(17)19)16-13(18)8-15/h3-6,10H,2,7-9H2,1H3,(H,16,18)/t10-/m0/s1. The first kappa shape index (κ1) is 14.7. The predicted molar refractivity (Wildman–Crippen MR) is 77.2 cm³/mol. The van der Waals surface area contributed by atoms with Crippen LogP contribution >= 0.6 is 11.6 Å². The van der Waals surface area contributed by atoms with Crippen molar-refractivity contribution in [2.75, 3.05) is 23.9 Å². The maximum Gasteiger partial charge on any atom is 0.235 e. The number of benzene rings is 1. The number of nitrogens with one attached hydrogen (secondary N) is 1. The fraction of sp³-hybridized carbons (Fsp3) is 0.429. The van der Waals surface area contributed by atoms with Gasteiger partial charge in [-0.15, -0.1) is 11.6 Å². The van der Waals surface area contributed by atoms with Crippen molar-refractivity contribution in [2.24, 2.45) is 0 Å². The number of amides is 2. The first-order chi connectivity index (χ1) is 9.63. The van der Waals surface area contributed by atoms with Gasteiger partial charge in [-0.2, -0.15) is 0 Å². The molecule has 2 rings (SSSR count). The third-order valence-electron chi connectivity index (χ3n) is 3.07. The summed E-state index contributed by atoms with van der Waals surface area (Å²) in [5.74, 6) is 0.426. The molecule has 1 aliphatic heterocycles. The smallest absolute Gasteiger partial charge is 0.235 e. The second-order valence-electron chi connectivity index (χ2n) is 4.53. The molecule has 5 nitrogen and oxygen atoms in total. The third kappa shape index (κ3) is 3.42. The van der Waals surface area contributed by atoms with Gasteiger partial charge in [0.2, 0.25) is 11.8 Å². The van der Waals surface area contributed by atoms with E-state index in [0.717, 1.165) is 11.4 Å². The van der Waals surface area contributed by atoms with Gasteiger partial charge in [0.25, 0.3) is 0 Å². The van der Waals surface area contributed by atoms with Crippen LogP contribution in [0.3, 0.4) is 0 Å². The van der Waals surface area contributed by atoms with E-state index in [1.54, 1.807) is 4.90 Å². The van der Waals surface area contributed by atoms with Crippen molar-refractivity contribution in [2.45, 2.75) is 19.4 Å². The second kappa shape index (κ2) is 6.61. The van der Waals surface area contributed by atoms with E-state index in [2.05, 4.69) is 5.32 Å². The molecule has 0 radical (unpaired) electrons. The zero-order chi connectivity index (χ0) is 14.5. The maximum absolute atomic E-state index is 12.0. The van der Waals surface area contributed by atoms with Crippen LogP contribution in [-0.4, -0.2) is 36.9 Å². The highest BCUT2D eigenvalue weighted by Crippen LogP contribution is 2.24. The Morgan fingerprint density at radius 1 is 1.45 bits per heavy atom. The molecule has 2 amide bonds. The summed E-state index contributed by atoms with van der Waals surface area (Å²) in [6.45, 7) is 2.99. The Hall–Kier alpha value is -1.75. The maximum atomic E-state index is 12.0.